The second-order valence-electron chi connectivity index (χ2n) is 7.38. The van der Waals surface area contributed by atoms with Crippen molar-refractivity contribution < 1.29 is 19.1 Å². The number of hydrogen-bond donors (Lipinski definition) is 1. The number of nitriles is 1. The number of H-pyrrole nitrogens is 1. The quantitative estimate of drug-likeness (QED) is 0.169. The number of ether oxygens (including phenoxy) is 3. The van der Waals surface area contributed by atoms with Crippen LogP contribution >= 0.6 is 15.9 Å². The van der Waals surface area contributed by atoms with E-state index in [0.717, 1.165) is 5.52 Å². The molecule has 10 heteroatoms. The summed E-state index contributed by atoms with van der Waals surface area (Å²) >= 11 is 3.53. The van der Waals surface area contributed by atoms with E-state index < -0.39 is 4.92 Å². The summed E-state index contributed by atoms with van der Waals surface area (Å²) in [6.45, 7) is 0.117. The normalized spacial score (nSPS) is 11.2. The minimum absolute atomic E-state index is 0.00667. The van der Waals surface area contributed by atoms with Crippen molar-refractivity contribution in [2.45, 2.75) is 6.61 Å². The largest absolute Gasteiger partial charge is 0.497 e. The number of fused-ring (bicyclic) bond motifs is 1. The third-order valence-electron chi connectivity index (χ3n) is 5.16. The summed E-state index contributed by atoms with van der Waals surface area (Å²) in [6, 6.07) is 17.3. The van der Waals surface area contributed by atoms with Gasteiger partial charge in [-0.15, -0.1) is 0 Å². The second-order valence-corrected chi connectivity index (χ2v) is 8.23. The predicted molar refractivity (Wildman–Crippen MR) is 134 cm³/mol. The number of aromatic amines is 1. The Hall–Kier alpha value is -4.36. The maximum absolute atomic E-state index is 11.0. The molecule has 1 aromatic heterocycles. The summed E-state index contributed by atoms with van der Waals surface area (Å²) in [5.74, 6) is 1.99. The number of methoxy groups -OCH3 is 2. The van der Waals surface area contributed by atoms with E-state index in [1.54, 1.807) is 43.5 Å². The maximum atomic E-state index is 11.0. The van der Waals surface area contributed by atoms with E-state index in [1.165, 1.54) is 19.2 Å². The number of non-ortho nitro benzene ring substituents is 1. The van der Waals surface area contributed by atoms with E-state index in [0.29, 0.717) is 49.8 Å². The first kappa shape index (κ1) is 23.8. The van der Waals surface area contributed by atoms with E-state index in [4.69, 9.17) is 14.2 Å². The SMILES string of the molecule is COc1ccc2nc(/C(C#N)=C\c3cc(OC)c(OCc4cccc([N+](=O)[O-])c4)cc3Br)[nH]c2c1. The van der Waals surface area contributed by atoms with E-state index in [-0.39, 0.29) is 12.3 Å². The average molecular weight is 535 g/mol. The van der Waals surface area contributed by atoms with Crippen LogP contribution in [-0.2, 0) is 6.61 Å². The van der Waals surface area contributed by atoms with E-state index in [1.807, 2.05) is 12.1 Å². The van der Waals surface area contributed by atoms with Gasteiger partial charge in [-0.3, -0.25) is 10.1 Å². The zero-order valence-corrected chi connectivity index (χ0v) is 20.3. The summed E-state index contributed by atoms with van der Waals surface area (Å²) in [6.07, 6.45) is 1.69. The molecule has 0 spiro atoms. The molecular formula is C25H19BrN4O5. The van der Waals surface area contributed by atoms with Crippen molar-refractivity contribution in [1.29, 1.82) is 5.26 Å². The number of nitrogens with zero attached hydrogens (tertiary/aromatic N) is 3. The van der Waals surface area contributed by atoms with Crippen LogP contribution in [0.2, 0.25) is 0 Å². The molecular weight excluding hydrogens is 516 g/mol. The van der Waals surface area contributed by atoms with Crippen molar-refractivity contribution in [3.63, 3.8) is 0 Å². The topological polar surface area (TPSA) is 123 Å². The molecule has 9 nitrogen and oxygen atoms in total. The van der Waals surface area contributed by atoms with Crippen LogP contribution < -0.4 is 14.2 Å². The molecule has 0 saturated heterocycles. The number of nitro benzene ring substituents is 1. The molecule has 0 bridgehead atoms. The van der Waals surface area contributed by atoms with Gasteiger partial charge in [0.1, 0.15) is 24.3 Å². The molecule has 0 atom stereocenters. The van der Waals surface area contributed by atoms with Crippen LogP contribution in [0.3, 0.4) is 0 Å². The molecule has 176 valence electrons. The van der Waals surface area contributed by atoms with Crippen LogP contribution in [0.1, 0.15) is 17.0 Å². The van der Waals surface area contributed by atoms with Crippen molar-refractivity contribution >= 4 is 44.3 Å². The minimum atomic E-state index is -0.451. The molecule has 0 unspecified atom stereocenters. The van der Waals surface area contributed by atoms with E-state index in [2.05, 4.69) is 32.0 Å². The van der Waals surface area contributed by atoms with Crippen molar-refractivity contribution in [3.8, 4) is 23.3 Å². The van der Waals surface area contributed by atoms with Gasteiger partial charge in [-0.1, -0.05) is 28.1 Å². The van der Waals surface area contributed by atoms with Crippen molar-refractivity contribution in [3.05, 3.63) is 86.1 Å². The Kier molecular flexibility index (Phi) is 6.98. The Balaban J connectivity index is 1.62. The van der Waals surface area contributed by atoms with Crippen molar-refractivity contribution in [2.24, 2.45) is 0 Å². The highest BCUT2D eigenvalue weighted by Crippen LogP contribution is 2.36. The summed E-state index contributed by atoms with van der Waals surface area (Å²) < 4.78 is 17.3. The van der Waals surface area contributed by atoms with Crippen molar-refractivity contribution in [1.82, 2.24) is 9.97 Å². The first-order valence-electron chi connectivity index (χ1n) is 10.3. The highest BCUT2D eigenvalue weighted by molar-refractivity contribution is 9.10. The molecule has 0 amide bonds. The third kappa shape index (κ3) is 5.26. The van der Waals surface area contributed by atoms with Gasteiger partial charge in [-0.2, -0.15) is 5.26 Å². The molecule has 0 fully saturated rings. The standard InChI is InChI=1S/C25H19BrN4O5/c1-33-19-6-7-21-22(11-19)29-25(28-21)17(13-27)9-16-10-23(34-2)24(12-20(16)26)35-14-15-4-3-5-18(8-15)30(31)32/h3-12H,14H2,1-2H3,(H,28,29)/b17-9-. The first-order valence-corrected chi connectivity index (χ1v) is 11.1. The maximum Gasteiger partial charge on any atom is 0.269 e. The number of halogens is 1. The lowest BCUT2D eigenvalue weighted by molar-refractivity contribution is -0.384. The molecule has 4 aromatic rings. The number of hydrogen-bond acceptors (Lipinski definition) is 7. The van der Waals surface area contributed by atoms with E-state index >= 15 is 0 Å². The number of aromatic nitrogens is 2. The molecule has 3 aromatic carbocycles. The van der Waals surface area contributed by atoms with Gasteiger partial charge in [-0.25, -0.2) is 4.98 Å². The second kappa shape index (κ2) is 10.3. The number of allylic oxidation sites excluding steroid dienone is 1. The fourth-order valence-electron chi connectivity index (χ4n) is 3.41. The Morgan fingerprint density at radius 3 is 2.71 bits per heavy atom. The van der Waals surface area contributed by atoms with Crippen LogP contribution in [0.25, 0.3) is 22.7 Å². The Labute approximate surface area is 208 Å². The molecule has 1 N–H and O–H groups in total. The summed E-state index contributed by atoms with van der Waals surface area (Å²) in [4.78, 5) is 18.2. The van der Waals surface area contributed by atoms with Gasteiger partial charge in [0.25, 0.3) is 5.69 Å². The number of nitrogens with one attached hydrogen (secondary N) is 1. The molecule has 0 saturated carbocycles. The fourth-order valence-corrected chi connectivity index (χ4v) is 3.84. The molecule has 0 radical (unpaired) electrons. The zero-order chi connectivity index (χ0) is 24.9. The van der Waals surface area contributed by atoms with Gasteiger partial charge in [0, 0.05) is 22.7 Å². The van der Waals surface area contributed by atoms with Crippen LogP contribution in [0.15, 0.2) is 59.1 Å². The van der Waals surface area contributed by atoms with Gasteiger partial charge in [0.05, 0.1) is 35.7 Å². The van der Waals surface area contributed by atoms with Gasteiger partial charge in [0.15, 0.2) is 11.5 Å². The van der Waals surface area contributed by atoms with Gasteiger partial charge < -0.3 is 19.2 Å². The number of imidazole rings is 1. The van der Waals surface area contributed by atoms with Crippen LogP contribution in [0.5, 0.6) is 17.2 Å². The highest BCUT2D eigenvalue weighted by Gasteiger charge is 2.14. The minimum Gasteiger partial charge on any atom is -0.497 e. The van der Waals surface area contributed by atoms with Crippen molar-refractivity contribution in [2.75, 3.05) is 14.2 Å². The molecule has 1 heterocycles. The lowest BCUT2D eigenvalue weighted by atomic mass is 10.1. The summed E-state index contributed by atoms with van der Waals surface area (Å²) in [5, 5.41) is 20.8. The summed E-state index contributed by atoms with van der Waals surface area (Å²) in [5.41, 5.74) is 3.11. The lowest BCUT2D eigenvalue weighted by Crippen LogP contribution is -1.99. The van der Waals surface area contributed by atoms with Gasteiger partial charge in [-0.05, 0) is 41.5 Å². The average Bonchev–Trinajstić information content (AvgIpc) is 3.30. The molecule has 35 heavy (non-hydrogen) atoms. The zero-order valence-electron chi connectivity index (χ0n) is 18.7. The molecule has 0 aliphatic heterocycles. The number of rotatable bonds is 8. The number of benzene rings is 3. The van der Waals surface area contributed by atoms with Crippen LogP contribution in [-0.4, -0.2) is 29.1 Å². The fraction of sp³-hybridized carbons (Fsp3) is 0.120. The van der Waals surface area contributed by atoms with E-state index in [9.17, 15) is 15.4 Å². The highest BCUT2D eigenvalue weighted by atomic mass is 79.9. The predicted octanol–water partition coefficient (Wildman–Crippen LogP) is 5.89. The summed E-state index contributed by atoms with van der Waals surface area (Å²) in [7, 11) is 3.09. The smallest absolute Gasteiger partial charge is 0.269 e. The monoisotopic (exact) mass is 534 g/mol. The Bertz CT molecular complexity index is 1490. The van der Waals surface area contributed by atoms with Gasteiger partial charge >= 0.3 is 0 Å². The van der Waals surface area contributed by atoms with Crippen LogP contribution in [0, 0.1) is 21.4 Å². The Morgan fingerprint density at radius 1 is 1.17 bits per heavy atom. The number of nitro groups is 1. The van der Waals surface area contributed by atoms with Crippen LogP contribution in [0.4, 0.5) is 5.69 Å². The van der Waals surface area contributed by atoms with Gasteiger partial charge in [0.2, 0.25) is 0 Å². The Morgan fingerprint density at radius 2 is 2.00 bits per heavy atom. The molecule has 0 aliphatic carbocycles. The molecule has 4 rings (SSSR count). The third-order valence-corrected chi connectivity index (χ3v) is 5.85. The lowest BCUT2D eigenvalue weighted by Gasteiger charge is -2.13. The first-order chi connectivity index (χ1) is 16.9. The molecule has 0 aliphatic rings.